The molecule has 10 nitrogen and oxygen atoms in total. The van der Waals surface area contributed by atoms with Gasteiger partial charge in [-0.05, 0) is 39.3 Å². The monoisotopic (exact) mass is 401 g/mol. The van der Waals surface area contributed by atoms with Crippen LogP contribution in [0.25, 0.3) is 0 Å². The Kier molecular flexibility index (Phi) is 5.95. The molecule has 150 valence electrons. The molecule has 1 aromatic rings. The van der Waals surface area contributed by atoms with Crippen LogP contribution in [0.15, 0.2) is 23.1 Å². The molecular weight excluding hydrogens is 378 g/mol. The number of amides is 1. The maximum Gasteiger partial charge on any atom is 0.410 e. The van der Waals surface area contributed by atoms with Crippen molar-refractivity contribution in [3.8, 4) is 5.75 Å². The molecule has 1 amide bonds. The highest BCUT2D eigenvalue weighted by Gasteiger charge is 2.30. The van der Waals surface area contributed by atoms with Crippen LogP contribution in [0.2, 0.25) is 0 Å². The van der Waals surface area contributed by atoms with Crippen LogP contribution in [-0.4, -0.2) is 49.6 Å². The van der Waals surface area contributed by atoms with E-state index < -0.39 is 32.3 Å². The molecule has 0 unspecified atom stereocenters. The Bertz CT molecular complexity index is 833. The molecule has 2 N–H and O–H groups in total. The second-order valence-corrected chi connectivity index (χ2v) is 8.89. The van der Waals surface area contributed by atoms with E-state index in [2.05, 4.69) is 0 Å². The summed E-state index contributed by atoms with van der Waals surface area (Å²) in [6.07, 6.45) is 0.260. The smallest absolute Gasteiger partial charge is 0.410 e. The minimum absolute atomic E-state index is 0.0185. The molecule has 27 heavy (non-hydrogen) atoms. The molecule has 0 aliphatic carbocycles. The van der Waals surface area contributed by atoms with Gasteiger partial charge in [-0.15, -0.1) is 0 Å². The lowest BCUT2D eigenvalue weighted by molar-refractivity contribution is -0.386. The molecule has 1 aliphatic heterocycles. The topological polar surface area (TPSA) is 142 Å². The number of sulfonamides is 1. The fourth-order valence-corrected chi connectivity index (χ4v) is 3.14. The Morgan fingerprint density at radius 2 is 2.07 bits per heavy atom. The average Bonchev–Trinajstić information content (AvgIpc) is 2.99. The van der Waals surface area contributed by atoms with Crippen molar-refractivity contribution < 1.29 is 27.6 Å². The van der Waals surface area contributed by atoms with Crippen LogP contribution >= 0.6 is 0 Å². The van der Waals surface area contributed by atoms with Crippen molar-refractivity contribution in [1.29, 1.82) is 0 Å². The normalized spacial score (nSPS) is 17.6. The number of primary sulfonamides is 1. The molecule has 1 saturated heterocycles. The summed E-state index contributed by atoms with van der Waals surface area (Å²) in [5, 5.41) is 16.2. The SMILES string of the molecule is CC(C)(C)OC(=O)N1CC[C@H](COc2ccc(S(N)(=O)=O)cc2[N+](=O)[O-])C1. The predicted molar refractivity (Wildman–Crippen MR) is 95.9 cm³/mol. The van der Waals surface area contributed by atoms with E-state index in [4.69, 9.17) is 14.6 Å². The highest BCUT2D eigenvalue weighted by molar-refractivity contribution is 7.89. The van der Waals surface area contributed by atoms with Crippen LogP contribution in [0.3, 0.4) is 0 Å². The minimum atomic E-state index is -4.06. The number of nitro groups is 1. The number of carbonyl (C=O) groups excluding carboxylic acids is 1. The van der Waals surface area contributed by atoms with Crippen LogP contribution in [0, 0.1) is 16.0 Å². The standard InChI is InChI=1S/C16H23N3O7S/c1-16(2,3)26-15(20)18-7-6-11(9-18)10-25-14-5-4-12(27(17,23)24)8-13(14)19(21)22/h4-5,8,11H,6-7,9-10H2,1-3H3,(H2,17,23,24)/t11-/m0/s1. The number of nitrogens with two attached hydrogens (primary N) is 1. The van der Waals surface area contributed by atoms with Gasteiger partial charge >= 0.3 is 11.8 Å². The predicted octanol–water partition coefficient (Wildman–Crippen LogP) is 1.88. The first-order valence-electron chi connectivity index (χ1n) is 8.29. The van der Waals surface area contributed by atoms with Gasteiger partial charge in [0.1, 0.15) is 5.60 Å². The van der Waals surface area contributed by atoms with Crippen LogP contribution in [0.1, 0.15) is 27.2 Å². The minimum Gasteiger partial charge on any atom is -0.486 e. The van der Waals surface area contributed by atoms with Crippen molar-refractivity contribution in [2.75, 3.05) is 19.7 Å². The largest absolute Gasteiger partial charge is 0.486 e. The summed E-state index contributed by atoms with van der Waals surface area (Å²) in [4.78, 5) is 23.7. The first-order chi connectivity index (χ1) is 12.4. The number of carbonyl (C=O) groups is 1. The fourth-order valence-electron chi connectivity index (χ4n) is 2.61. The Morgan fingerprint density at radius 1 is 1.41 bits per heavy atom. The molecule has 1 aliphatic rings. The lowest BCUT2D eigenvalue weighted by Gasteiger charge is -2.24. The van der Waals surface area contributed by atoms with Gasteiger partial charge in [0.05, 0.1) is 16.4 Å². The van der Waals surface area contributed by atoms with Gasteiger partial charge in [0.25, 0.3) is 0 Å². The van der Waals surface area contributed by atoms with Crippen molar-refractivity contribution in [2.24, 2.45) is 11.1 Å². The second-order valence-electron chi connectivity index (χ2n) is 7.32. The number of likely N-dealkylation sites (tertiary alicyclic amines) is 1. The number of hydrogen-bond donors (Lipinski definition) is 1. The summed E-state index contributed by atoms with van der Waals surface area (Å²) < 4.78 is 33.5. The molecule has 0 aromatic heterocycles. The molecule has 0 spiro atoms. The van der Waals surface area contributed by atoms with Crippen molar-refractivity contribution in [3.05, 3.63) is 28.3 Å². The molecule has 1 aromatic carbocycles. The molecule has 1 heterocycles. The third kappa shape index (κ3) is 5.79. The third-order valence-electron chi connectivity index (χ3n) is 3.87. The molecule has 0 saturated carbocycles. The lowest BCUT2D eigenvalue weighted by atomic mass is 10.1. The third-order valence-corrected chi connectivity index (χ3v) is 4.78. The van der Waals surface area contributed by atoms with E-state index in [0.29, 0.717) is 19.5 Å². The zero-order valence-electron chi connectivity index (χ0n) is 15.4. The maximum atomic E-state index is 12.1. The lowest BCUT2D eigenvalue weighted by Crippen LogP contribution is -2.35. The first-order valence-corrected chi connectivity index (χ1v) is 9.83. The number of nitrogens with zero attached hydrogens (tertiary/aromatic N) is 2. The fraction of sp³-hybridized carbons (Fsp3) is 0.562. The Morgan fingerprint density at radius 3 is 2.63 bits per heavy atom. The quantitative estimate of drug-likeness (QED) is 0.586. The number of ether oxygens (including phenoxy) is 2. The van der Waals surface area contributed by atoms with E-state index in [0.717, 1.165) is 12.1 Å². The number of hydrogen-bond acceptors (Lipinski definition) is 7. The summed E-state index contributed by atoms with van der Waals surface area (Å²) in [7, 11) is -4.06. The summed E-state index contributed by atoms with van der Waals surface area (Å²) in [6, 6.07) is 3.23. The van der Waals surface area contributed by atoms with Gasteiger partial charge < -0.3 is 14.4 Å². The Labute approximate surface area is 157 Å². The first kappa shape index (κ1) is 20.9. The van der Waals surface area contributed by atoms with Crippen LogP contribution < -0.4 is 9.88 Å². The number of nitro benzene ring substituents is 1. The molecule has 0 bridgehead atoms. The van der Waals surface area contributed by atoms with Crippen LogP contribution in [0.4, 0.5) is 10.5 Å². The maximum absolute atomic E-state index is 12.1. The van der Waals surface area contributed by atoms with Gasteiger partial charge in [0.2, 0.25) is 10.0 Å². The van der Waals surface area contributed by atoms with E-state index in [-0.39, 0.29) is 23.2 Å². The summed E-state index contributed by atoms with van der Waals surface area (Å²) in [6.45, 7) is 6.42. The van der Waals surface area contributed by atoms with Crippen molar-refractivity contribution in [1.82, 2.24) is 4.90 Å². The van der Waals surface area contributed by atoms with E-state index in [1.54, 1.807) is 25.7 Å². The van der Waals surface area contributed by atoms with Crippen LogP contribution in [0.5, 0.6) is 5.75 Å². The zero-order chi connectivity index (χ0) is 20.4. The van der Waals surface area contributed by atoms with Crippen molar-refractivity contribution in [2.45, 2.75) is 37.7 Å². The zero-order valence-corrected chi connectivity index (χ0v) is 16.2. The van der Waals surface area contributed by atoms with E-state index >= 15 is 0 Å². The molecule has 1 atom stereocenters. The van der Waals surface area contributed by atoms with Gasteiger partial charge in [-0.3, -0.25) is 10.1 Å². The average molecular weight is 401 g/mol. The number of rotatable bonds is 5. The number of benzene rings is 1. The van der Waals surface area contributed by atoms with Gasteiger partial charge in [-0.2, -0.15) is 0 Å². The second kappa shape index (κ2) is 7.69. The van der Waals surface area contributed by atoms with E-state index in [1.807, 2.05) is 0 Å². The van der Waals surface area contributed by atoms with Crippen LogP contribution in [-0.2, 0) is 14.8 Å². The Hall–Kier alpha value is -2.40. The molecular formula is C16H23N3O7S. The van der Waals surface area contributed by atoms with Gasteiger partial charge in [-0.25, -0.2) is 18.4 Å². The summed E-state index contributed by atoms with van der Waals surface area (Å²) in [5.74, 6) is -0.0711. The highest BCUT2D eigenvalue weighted by atomic mass is 32.2. The molecule has 11 heteroatoms. The molecule has 0 radical (unpaired) electrons. The molecule has 2 rings (SSSR count). The van der Waals surface area contributed by atoms with Gasteiger partial charge in [0.15, 0.2) is 5.75 Å². The van der Waals surface area contributed by atoms with E-state index in [1.165, 1.54) is 6.07 Å². The van der Waals surface area contributed by atoms with Gasteiger partial charge in [0, 0.05) is 25.1 Å². The van der Waals surface area contributed by atoms with Gasteiger partial charge in [-0.1, -0.05) is 0 Å². The highest BCUT2D eigenvalue weighted by Crippen LogP contribution is 2.30. The Balaban J connectivity index is 2.01. The van der Waals surface area contributed by atoms with E-state index in [9.17, 15) is 23.3 Å². The summed E-state index contributed by atoms with van der Waals surface area (Å²) >= 11 is 0. The summed E-state index contributed by atoms with van der Waals surface area (Å²) in [5.41, 5.74) is -1.07. The van der Waals surface area contributed by atoms with Crippen molar-refractivity contribution in [3.63, 3.8) is 0 Å². The molecule has 1 fully saturated rings. The van der Waals surface area contributed by atoms with Crippen molar-refractivity contribution >= 4 is 21.8 Å².